The highest BCUT2D eigenvalue weighted by atomic mass is 19.4. The number of halogens is 3. The van der Waals surface area contributed by atoms with Crippen molar-refractivity contribution >= 4 is 0 Å². The monoisotopic (exact) mass is 265 g/mol. The van der Waals surface area contributed by atoms with Gasteiger partial charge in [-0.1, -0.05) is 48.5 Å². The smallest absolute Gasteiger partial charge is 0.324 e. The Morgan fingerprint density at radius 3 is 2.11 bits per heavy atom. The molecule has 0 bridgehead atoms. The van der Waals surface area contributed by atoms with Gasteiger partial charge in [0.1, 0.15) is 0 Å². The largest absolute Gasteiger partial charge is 0.416 e. The number of hydrogen-bond acceptors (Lipinski definition) is 1. The Hall–Kier alpha value is -1.81. The molecule has 0 aliphatic carbocycles. The molecule has 0 heterocycles. The van der Waals surface area contributed by atoms with E-state index in [1.54, 1.807) is 6.07 Å². The normalized spacial score (nSPS) is 13.3. The van der Waals surface area contributed by atoms with Gasteiger partial charge in [0.05, 0.1) is 5.56 Å². The Bertz CT molecular complexity index is 535. The summed E-state index contributed by atoms with van der Waals surface area (Å²) in [5, 5.41) is 0. The van der Waals surface area contributed by atoms with E-state index in [1.165, 1.54) is 12.1 Å². The van der Waals surface area contributed by atoms with Crippen molar-refractivity contribution in [1.29, 1.82) is 0 Å². The van der Waals surface area contributed by atoms with Gasteiger partial charge < -0.3 is 5.73 Å². The van der Waals surface area contributed by atoms with Crippen molar-refractivity contribution in [2.24, 2.45) is 5.73 Å². The third kappa shape index (κ3) is 3.35. The molecule has 0 spiro atoms. The molecule has 2 aromatic carbocycles. The minimum Gasteiger partial charge on any atom is -0.324 e. The molecule has 0 radical (unpaired) electrons. The van der Waals surface area contributed by atoms with Crippen LogP contribution in [0, 0.1) is 0 Å². The maximum absolute atomic E-state index is 12.9. The van der Waals surface area contributed by atoms with Gasteiger partial charge in [0, 0.05) is 6.04 Å². The number of nitrogens with two attached hydrogens (primary N) is 1. The van der Waals surface area contributed by atoms with Crippen LogP contribution in [0.2, 0.25) is 0 Å². The van der Waals surface area contributed by atoms with Crippen LogP contribution >= 0.6 is 0 Å². The average Bonchev–Trinajstić information content (AvgIpc) is 2.39. The molecule has 1 nitrogen and oxygen atoms in total. The summed E-state index contributed by atoms with van der Waals surface area (Å²) in [7, 11) is 0. The van der Waals surface area contributed by atoms with E-state index in [0.29, 0.717) is 0 Å². The van der Waals surface area contributed by atoms with Gasteiger partial charge in [-0.25, -0.2) is 0 Å². The third-order valence-electron chi connectivity index (χ3n) is 2.99. The zero-order valence-electron chi connectivity index (χ0n) is 10.2. The van der Waals surface area contributed by atoms with Crippen LogP contribution in [0.1, 0.15) is 22.7 Å². The van der Waals surface area contributed by atoms with Gasteiger partial charge in [-0.05, 0) is 23.6 Å². The summed E-state index contributed by atoms with van der Waals surface area (Å²) in [5.74, 6) is 0. The second-order valence-corrected chi connectivity index (χ2v) is 4.38. The molecule has 1 atom stereocenters. The molecule has 19 heavy (non-hydrogen) atoms. The minimum atomic E-state index is -4.34. The van der Waals surface area contributed by atoms with Gasteiger partial charge >= 0.3 is 6.18 Å². The molecule has 0 aromatic heterocycles. The van der Waals surface area contributed by atoms with E-state index < -0.39 is 17.8 Å². The lowest BCUT2D eigenvalue weighted by molar-refractivity contribution is -0.138. The molecule has 4 heteroatoms. The predicted octanol–water partition coefficient (Wildman–Crippen LogP) is 3.95. The fraction of sp³-hybridized carbons (Fsp3) is 0.200. The van der Waals surface area contributed by atoms with Gasteiger partial charge in [-0.15, -0.1) is 0 Å². The van der Waals surface area contributed by atoms with E-state index in [0.717, 1.165) is 11.6 Å². The van der Waals surface area contributed by atoms with Gasteiger partial charge in [-0.2, -0.15) is 13.2 Å². The SMILES string of the molecule is NC(Cc1ccccc1C(F)(F)F)c1ccccc1. The number of alkyl halides is 3. The molecule has 100 valence electrons. The third-order valence-corrected chi connectivity index (χ3v) is 2.99. The summed E-state index contributed by atoms with van der Waals surface area (Å²) in [5.41, 5.74) is 6.42. The van der Waals surface area contributed by atoms with Crippen LogP contribution in [0.4, 0.5) is 13.2 Å². The Kier molecular flexibility index (Phi) is 3.90. The van der Waals surface area contributed by atoms with Gasteiger partial charge in [-0.3, -0.25) is 0 Å². The lowest BCUT2D eigenvalue weighted by Crippen LogP contribution is -2.17. The van der Waals surface area contributed by atoms with Crippen LogP contribution in [-0.4, -0.2) is 0 Å². The number of hydrogen-bond donors (Lipinski definition) is 1. The molecule has 0 aliphatic rings. The maximum Gasteiger partial charge on any atom is 0.416 e. The lowest BCUT2D eigenvalue weighted by Gasteiger charge is -2.16. The summed E-state index contributed by atoms with van der Waals surface area (Å²) in [6, 6.07) is 14.3. The summed E-state index contributed by atoms with van der Waals surface area (Å²) >= 11 is 0. The summed E-state index contributed by atoms with van der Waals surface area (Å²) in [6.45, 7) is 0. The van der Waals surface area contributed by atoms with E-state index >= 15 is 0 Å². The maximum atomic E-state index is 12.9. The molecule has 2 rings (SSSR count). The summed E-state index contributed by atoms with van der Waals surface area (Å²) < 4.78 is 38.6. The average molecular weight is 265 g/mol. The van der Waals surface area contributed by atoms with Gasteiger partial charge in [0.15, 0.2) is 0 Å². The Morgan fingerprint density at radius 1 is 0.895 bits per heavy atom. The molecule has 0 amide bonds. The van der Waals surface area contributed by atoms with Crippen molar-refractivity contribution in [3.05, 3.63) is 71.3 Å². The highest BCUT2D eigenvalue weighted by molar-refractivity contribution is 5.32. The van der Waals surface area contributed by atoms with Crippen LogP contribution in [0.15, 0.2) is 54.6 Å². The molecule has 1 unspecified atom stereocenters. The first-order valence-electron chi connectivity index (χ1n) is 5.94. The fourth-order valence-corrected chi connectivity index (χ4v) is 2.03. The predicted molar refractivity (Wildman–Crippen MR) is 68.5 cm³/mol. The van der Waals surface area contributed by atoms with E-state index in [9.17, 15) is 13.2 Å². The van der Waals surface area contributed by atoms with Crippen LogP contribution in [0.3, 0.4) is 0 Å². The Balaban J connectivity index is 2.25. The first kappa shape index (κ1) is 13.6. The topological polar surface area (TPSA) is 26.0 Å². The Labute approximate surface area is 109 Å². The van der Waals surface area contributed by atoms with Crippen molar-refractivity contribution in [1.82, 2.24) is 0 Å². The molecular weight excluding hydrogens is 251 g/mol. The van der Waals surface area contributed by atoms with Gasteiger partial charge in [0.2, 0.25) is 0 Å². The zero-order valence-corrected chi connectivity index (χ0v) is 10.2. The lowest BCUT2D eigenvalue weighted by atomic mass is 9.96. The molecule has 0 aliphatic heterocycles. The van der Waals surface area contributed by atoms with Crippen LogP contribution in [-0.2, 0) is 12.6 Å². The van der Waals surface area contributed by atoms with E-state index in [2.05, 4.69) is 0 Å². The highest BCUT2D eigenvalue weighted by Gasteiger charge is 2.33. The van der Waals surface area contributed by atoms with Crippen molar-refractivity contribution in [3.8, 4) is 0 Å². The second-order valence-electron chi connectivity index (χ2n) is 4.38. The van der Waals surface area contributed by atoms with E-state index in [4.69, 9.17) is 5.73 Å². The summed E-state index contributed by atoms with van der Waals surface area (Å²) in [4.78, 5) is 0. The standard InChI is InChI=1S/C15H14F3N/c16-15(17,18)13-9-5-4-8-12(13)10-14(19)11-6-2-1-3-7-11/h1-9,14H,10,19H2. The first-order chi connectivity index (χ1) is 8.98. The number of benzene rings is 2. The van der Waals surface area contributed by atoms with Crippen molar-refractivity contribution in [3.63, 3.8) is 0 Å². The van der Waals surface area contributed by atoms with Crippen molar-refractivity contribution in [2.45, 2.75) is 18.6 Å². The fourth-order valence-electron chi connectivity index (χ4n) is 2.03. The first-order valence-corrected chi connectivity index (χ1v) is 5.94. The molecule has 0 saturated heterocycles. The molecule has 0 fully saturated rings. The van der Waals surface area contributed by atoms with E-state index in [1.807, 2.05) is 30.3 Å². The molecule has 2 aromatic rings. The molecule has 0 saturated carbocycles. The second kappa shape index (κ2) is 5.45. The molecule has 2 N–H and O–H groups in total. The van der Waals surface area contributed by atoms with E-state index in [-0.39, 0.29) is 12.0 Å². The van der Waals surface area contributed by atoms with Crippen LogP contribution in [0.25, 0.3) is 0 Å². The van der Waals surface area contributed by atoms with Gasteiger partial charge in [0.25, 0.3) is 0 Å². The summed E-state index contributed by atoms with van der Waals surface area (Å²) in [6.07, 6.45) is -4.17. The quantitative estimate of drug-likeness (QED) is 0.893. The minimum absolute atomic E-state index is 0.166. The number of rotatable bonds is 3. The molecular formula is C15H14F3N. The zero-order chi connectivity index (χ0) is 13.9. The van der Waals surface area contributed by atoms with Crippen LogP contribution < -0.4 is 5.73 Å². The van der Waals surface area contributed by atoms with Crippen LogP contribution in [0.5, 0.6) is 0 Å². The van der Waals surface area contributed by atoms with Crippen molar-refractivity contribution < 1.29 is 13.2 Å². The van der Waals surface area contributed by atoms with Crippen molar-refractivity contribution in [2.75, 3.05) is 0 Å². The highest BCUT2D eigenvalue weighted by Crippen LogP contribution is 2.33. The Morgan fingerprint density at radius 2 is 1.47 bits per heavy atom.